The maximum Gasteiger partial charge on any atom is 0.338 e. The van der Waals surface area contributed by atoms with Gasteiger partial charge in [-0.05, 0) is 38.1 Å². The average molecular weight is 266 g/mol. The zero-order valence-electron chi connectivity index (χ0n) is 11.3. The zero-order chi connectivity index (χ0) is 14.3. The summed E-state index contributed by atoms with van der Waals surface area (Å²) in [5.74, 6) is -0.852. The van der Waals surface area contributed by atoms with Crippen molar-refractivity contribution in [3.05, 3.63) is 35.4 Å². The van der Waals surface area contributed by atoms with Gasteiger partial charge in [0.15, 0.2) is 0 Å². The van der Waals surface area contributed by atoms with Crippen molar-refractivity contribution in [2.75, 3.05) is 20.3 Å². The third kappa shape index (κ3) is 5.09. The quantitative estimate of drug-likeness (QED) is 0.582. The first-order chi connectivity index (χ1) is 9.04. The molecule has 1 aromatic rings. The van der Waals surface area contributed by atoms with E-state index in [0.717, 1.165) is 0 Å². The minimum absolute atomic E-state index is 0.175. The Labute approximate surface area is 112 Å². The summed E-state index contributed by atoms with van der Waals surface area (Å²) in [6.45, 7) is 4.11. The Hall–Kier alpha value is -1.88. The Morgan fingerprint density at radius 2 is 1.53 bits per heavy atom. The van der Waals surface area contributed by atoms with Crippen LogP contribution in [-0.2, 0) is 14.2 Å². The van der Waals surface area contributed by atoms with E-state index in [1.165, 1.54) is 31.4 Å². The van der Waals surface area contributed by atoms with Gasteiger partial charge in [0.1, 0.15) is 6.61 Å². The van der Waals surface area contributed by atoms with Crippen LogP contribution in [0.2, 0.25) is 0 Å². The molecule has 0 fully saturated rings. The van der Waals surface area contributed by atoms with Gasteiger partial charge in [-0.2, -0.15) is 0 Å². The lowest BCUT2D eigenvalue weighted by molar-refractivity contribution is 0.0368. The molecular formula is C14H18O5. The van der Waals surface area contributed by atoms with Crippen LogP contribution in [0.15, 0.2) is 24.3 Å². The fourth-order valence-corrected chi connectivity index (χ4v) is 1.33. The van der Waals surface area contributed by atoms with Gasteiger partial charge >= 0.3 is 11.9 Å². The number of methoxy groups -OCH3 is 1. The highest BCUT2D eigenvalue weighted by atomic mass is 16.6. The summed E-state index contributed by atoms with van der Waals surface area (Å²) in [7, 11) is 1.53. The molecule has 0 amide bonds. The Bertz CT molecular complexity index is 422. The van der Waals surface area contributed by atoms with Crippen LogP contribution < -0.4 is 0 Å². The molecular weight excluding hydrogens is 248 g/mol. The number of hydrogen-bond acceptors (Lipinski definition) is 5. The van der Waals surface area contributed by atoms with Crippen LogP contribution in [-0.4, -0.2) is 38.4 Å². The van der Waals surface area contributed by atoms with Gasteiger partial charge < -0.3 is 14.2 Å². The van der Waals surface area contributed by atoms with Gasteiger partial charge in [0.25, 0.3) is 0 Å². The van der Waals surface area contributed by atoms with Crippen LogP contribution in [0.3, 0.4) is 0 Å². The fraction of sp³-hybridized carbons (Fsp3) is 0.429. The predicted molar refractivity (Wildman–Crippen MR) is 69.2 cm³/mol. The van der Waals surface area contributed by atoms with Crippen molar-refractivity contribution in [2.45, 2.75) is 20.0 Å². The summed E-state index contributed by atoms with van der Waals surface area (Å²) >= 11 is 0. The zero-order valence-corrected chi connectivity index (χ0v) is 11.3. The van der Waals surface area contributed by atoms with Gasteiger partial charge in [-0.1, -0.05) is 0 Å². The molecule has 0 spiro atoms. The molecule has 0 saturated carbocycles. The number of hydrogen-bond donors (Lipinski definition) is 0. The molecule has 5 nitrogen and oxygen atoms in total. The molecule has 1 aromatic carbocycles. The molecule has 0 aliphatic rings. The van der Waals surface area contributed by atoms with E-state index in [1.54, 1.807) is 13.8 Å². The van der Waals surface area contributed by atoms with Crippen LogP contribution in [0.25, 0.3) is 0 Å². The molecule has 0 aromatic heterocycles. The second-order valence-electron chi connectivity index (χ2n) is 4.16. The number of rotatable bonds is 6. The molecule has 1 rings (SSSR count). The molecule has 0 heterocycles. The highest BCUT2D eigenvalue weighted by molar-refractivity contribution is 5.93. The Morgan fingerprint density at radius 1 is 1.00 bits per heavy atom. The van der Waals surface area contributed by atoms with Gasteiger partial charge in [0, 0.05) is 7.11 Å². The Balaban J connectivity index is 2.60. The SMILES string of the molecule is COCCOC(=O)c1ccc(C(=O)OC(C)C)cc1. The molecule has 19 heavy (non-hydrogen) atoms. The number of ether oxygens (including phenoxy) is 3. The van der Waals surface area contributed by atoms with E-state index in [2.05, 4.69) is 0 Å². The van der Waals surface area contributed by atoms with Crippen LogP contribution in [0, 0.1) is 0 Å². The molecule has 0 bridgehead atoms. The first-order valence-electron chi connectivity index (χ1n) is 6.01. The summed E-state index contributed by atoms with van der Waals surface area (Å²) in [6, 6.07) is 6.15. The van der Waals surface area contributed by atoms with Crippen LogP contribution in [0.4, 0.5) is 0 Å². The smallest absolute Gasteiger partial charge is 0.338 e. The average Bonchev–Trinajstić information content (AvgIpc) is 2.38. The second kappa shape index (κ2) is 7.53. The van der Waals surface area contributed by atoms with E-state index in [1.807, 2.05) is 0 Å². The van der Waals surface area contributed by atoms with Gasteiger partial charge in [-0.25, -0.2) is 9.59 Å². The minimum atomic E-state index is -0.444. The van der Waals surface area contributed by atoms with Crippen molar-refractivity contribution < 1.29 is 23.8 Å². The van der Waals surface area contributed by atoms with Crippen LogP contribution in [0.5, 0.6) is 0 Å². The van der Waals surface area contributed by atoms with E-state index in [9.17, 15) is 9.59 Å². The standard InChI is InChI=1S/C14H18O5/c1-10(2)19-14(16)12-6-4-11(5-7-12)13(15)18-9-8-17-3/h4-7,10H,8-9H2,1-3H3. The van der Waals surface area contributed by atoms with Crippen molar-refractivity contribution in [3.63, 3.8) is 0 Å². The minimum Gasteiger partial charge on any atom is -0.460 e. The van der Waals surface area contributed by atoms with Gasteiger partial charge in [-0.15, -0.1) is 0 Å². The molecule has 0 atom stereocenters. The molecule has 0 aliphatic heterocycles. The first-order valence-corrected chi connectivity index (χ1v) is 6.01. The Morgan fingerprint density at radius 3 is 2.00 bits per heavy atom. The lowest BCUT2D eigenvalue weighted by Crippen LogP contribution is -2.12. The lowest BCUT2D eigenvalue weighted by atomic mass is 10.1. The van der Waals surface area contributed by atoms with E-state index in [0.29, 0.717) is 17.7 Å². The first kappa shape index (κ1) is 15.2. The number of esters is 2. The topological polar surface area (TPSA) is 61.8 Å². The summed E-state index contributed by atoms with van der Waals surface area (Å²) in [6.07, 6.45) is -0.175. The maximum absolute atomic E-state index is 11.6. The summed E-state index contributed by atoms with van der Waals surface area (Å²) in [4.78, 5) is 23.2. The van der Waals surface area contributed by atoms with Crippen molar-refractivity contribution in [3.8, 4) is 0 Å². The van der Waals surface area contributed by atoms with Crippen LogP contribution >= 0.6 is 0 Å². The summed E-state index contributed by atoms with van der Waals surface area (Å²) in [5, 5.41) is 0. The molecule has 5 heteroatoms. The lowest BCUT2D eigenvalue weighted by Gasteiger charge is -2.08. The van der Waals surface area contributed by atoms with E-state index in [-0.39, 0.29) is 12.7 Å². The van der Waals surface area contributed by atoms with Crippen molar-refractivity contribution in [1.29, 1.82) is 0 Å². The van der Waals surface area contributed by atoms with Gasteiger partial charge in [0.2, 0.25) is 0 Å². The number of benzene rings is 1. The van der Waals surface area contributed by atoms with Crippen molar-refractivity contribution >= 4 is 11.9 Å². The molecule has 0 saturated heterocycles. The monoisotopic (exact) mass is 266 g/mol. The van der Waals surface area contributed by atoms with E-state index < -0.39 is 11.9 Å². The van der Waals surface area contributed by atoms with E-state index >= 15 is 0 Å². The number of carbonyl (C=O) groups is 2. The van der Waals surface area contributed by atoms with Gasteiger partial charge in [-0.3, -0.25) is 0 Å². The highest BCUT2D eigenvalue weighted by Gasteiger charge is 2.11. The second-order valence-corrected chi connectivity index (χ2v) is 4.16. The molecule has 0 aliphatic carbocycles. The predicted octanol–water partition coefficient (Wildman–Crippen LogP) is 2.06. The summed E-state index contributed by atoms with van der Waals surface area (Å²) < 4.78 is 14.8. The number of carbonyl (C=O) groups excluding carboxylic acids is 2. The third-order valence-electron chi connectivity index (χ3n) is 2.22. The molecule has 0 unspecified atom stereocenters. The molecule has 0 radical (unpaired) electrons. The van der Waals surface area contributed by atoms with Crippen LogP contribution in [0.1, 0.15) is 34.6 Å². The summed E-state index contributed by atoms with van der Waals surface area (Å²) in [5.41, 5.74) is 0.791. The maximum atomic E-state index is 11.6. The highest BCUT2D eigenvalue weighted by Crippen LogP contribution is 2.08. The Kier molecular flexibility index (Phi) is 6.02. The molecule has 0 N–H and O–H groups in total. The largest absolute Gasteiger partial charge is 0.460 e. The fourth-order valence-electron chi connectivity index (χ4n) is 1.33. The third-order valence-corrected chi connectivity index (χ3v) is 2.22. The normalized spacial score (nSPS) is 10.3. The molecule has 104 valence electrons. The van der Waals surface area contributed by atoms with Gasteiger partial charge in [0.05, 0.1) is 23.8 Å². The van der Waals surface area contributed by atoms with Crippen molar-refractivity contribution in [2.24, 2.45) is 0 Å². The van der Waals surface area contributed by atoms with E-state index in [4.69, 9.17) is 14.2 Å². The van der Waals surface area contributed by atoms with Crippen molar-refractivity contribution in [1.82, 2.24) is 0 Å².